The van der Waals surface area contributed by atoms with E-state index in [4.69, 9.17) is 11.6 Å². The maximum absolute atomic E-state index is 13.5. The molecule has 2 rings (SSSR count). The van der Waals surface area contributed by atoms with Crippen LogP contribution in [0.3, 0.4) is 0 Å². The predicted molar refractivity (Wildman–Crippen MR) is 104 cm³/mol. The van der Waals surface area contributed by atoms with Gasteiger partial charge in [-0.3, -0.25) is 14.3 Å². The van der Waals surface area contributed by atoms with Crippen molar-refractivity contribution in [1.29, 1.82) is 0 Å². The van der Waals surface area contributed by atoms with Gasteiger partial charge < -0.3 is 10.6 Å². The van der Waals surface area contributed by atoms with Gasteiger partial charge in [-0.2, -0.15) is 5.10 Å². The van der Waals surface area contributed by atoms with Crippen LogP contribution >= 0.6 is 11.6 Å². The van der Waals surface area contributed by atoms with Crippen LogP contribution in [0.5, 0.6) is 0 Å². The lowest BCUT2D eigenvalue weighted by atomic mass is 10.2. The third kappa shape index (κ3) is 5.83. The van der Waals surface area contributed by atoms with E-state index in [-0.39, 0.29) is 0 Å². The van der Waals surface area contributed by atoms with E-state index in [0.717, 1.165) is 6.07 Å². The van der Waals surface area contributed by atoms with Crippen molar-refractivity contribution in [3.8, 4) is 0 Å². The molecule has 1 heterocycles. The molecular weight excluding hydrogens is 409 g/mol. The Balaban J connectivity index is 1.94. The van der Waals surface area contributed by atoms with Gasteiger partial charge in [0.15, 0.2) is 17.5 Å². The Hall–Kier alpha value is -2.81. The summed E-state index contributed by atoms with van der Waals surface area (Å²) in [6.07, 6.45) is 2.66. The minimum absolute atomic E-state index is 0.338. The molecule has 0 fully saturated rings. The molecular formula is C19H20ClF3N4O2. The second-order valence-electron chi connectivity index (χ2n) is 6.69. The Morgan fingerprint density at radius 1 is 1.24 bits per heavy atom. The number of hydrogen-bond donors (Lipinski definition) is 2. The standard InChI is InChI=1S/C19H20ClF3N4O2/c1-10(2)9-27-19(20)12(11(3)26-27)4-7-15(28)24-8-16(29)25-14-6-5-13(21)17(22)18(14)23/h4-7,10H,8-9H2,1-3H3,(H,24,28)(H,25,29)/b7-4+. The SMILES string of the molecule is Cc1nn(CC(C)C)c(Cl)c1/C=C/C(=O)NCC(=O)Nc1ccc(F)c(F)c1F. The van der Waals surface area contributed by atoms with E-state index in [9.17, 15) is 22.8 Å². The molecule has 0 saturated carbocycles. The van der Waals surface area contributed by atoms with Gasteiger partial charge in [0.25, 0.3) is 0 Å². The summed E-state index contributed by atoms with van der Waals surface area (Å²) in [6, 6.07) is 1.56. The first-order chi connectivity index (χ1) is 13.6. The number of anilines is 1. The first kappa shape index (κ1) is 22.5. The Bertz CT molecular complexity index is 957. The highest BCUT2D eigenvalue weighted by Gasteiger charge is 2.16. The van der Waals surface area contributed by atoms with E-state index in [0.29, 0.717) is 34.9 Å². The third-order valence-corrected chi connectivity index (χ3v) is 4.18. The molecule has 2 N–H and O–H groups in total. The second-order valence-corrected chi connectivity index (χ2v) is 7.05. The molecule has 1 aromatic heterocycles. The average Bonchev–Trinajstić information content (AvgIpc) is 2.91. The minimum Gasteiger partial charge on any atom is -0.343 e. The van der Waals surface area contributed by atoms with Gasteiger partial charge in [0, 0.05) is 18.2 Å². The number of aryl methyl sites for hydroxylation is 1. The van der Waals surface area contributed by atoms with Crippen LogP contribution in [0.1, 0.15) is 25.1 Å². The molecule has 0 radical (unpaired) electrons. The van der Waals surface area contributed by atoms with Gasteiger partial charge in [0.05, 0.1) is 17.9 Å². The van der Waals surface area contributed by atoms with Gasteiger partial charge in [0.1, 0.15) is 5.15 Å². The molecule has 29 heavy (non-hydrogen) atoms. The zero-order chi connectivity index (χ0) is 21.7. The Morgan fingerprint density at radius 3 is 2.59 bits per heavy atom. The summed E-state index contributed by atoms with van der Waals surface area (Å²) < 4.78 is 41.2. The molecule has 1 aromatic carbocycles. The number of nitrogens with zero attached hydrogens (tertiary/aromatic N) is 2. The third-order valence-electron chi connectivity index (χ3n) is 3.78. The molecule has 6 nitrogen and oxygen atoms in total. The highest BCUT2D eigenvalue weighted by Crippen LogP contribution is 2.22. The first-order valence-electron chi connectivity index (χ1n) is 8.72. The molecule has 10 heteroatoms. The molecule has 0 spiro atoms. The Labute approximate surface area is 170 Å². The number of hydrogen-bond acceptors (Lipinski definition) is 3. The molecule has 0 bridgehead atoms. The van der Waals surface area contributed by atoms with Crippen LogP contribution in [0.15, 0.2) is 18.2 Å². The van der Waals surface area contributed by atoms with Crippen molar-refractivity contribution in [3.63, 3.8) is 0 Å². The fourth-order valence-corrected chi connectivity index (χ4v) is 2.73. The van der Waals surface area contributed by atoms with E-state index in [1.165, 1.54) is 12.2 Å². The van der Waals surface area contributed by atoms with Gasteiger partial charge in [-0.15, -0.1) is 0 Å². The monoisotopic (exact) mass is 428 g/mol. The van der Waals surface area contributed by atoms with Gasteiger partial charge in [0.2, 0.25) is 11.8 Å². The molecule has 156 valence electrons. The Morgan fingerprint density at radius 2 is 1.93 bits per heavy atom. The number of nitrogens with one attached hydrogen (secondary N) is 2. The van der Waals surface area contributed by atoms with Crippen molar-refractivity contribution in [1.82, 2.24) is 15.1 Å². The molecule has 0 atom stereocenters. The van der Waals surface area contributed by atoms with Gasteiger partial charge in [-0.1, -0.05) is 25.4 Å². The average molecular weight is 429 g/mol. The summed E-state index contributed by atoms with van der Waals surface area (Å²) in [5, 5.41) is 9.06. The smallest absolute Gasteiger partial charge is 0.244 e. The van der Waals surface area contributed by atoms with Crippen molar-refractivity contribution < 1.29 is 22.8 Å². The quantitative estimate of drug-likeness (QED) is 0.521. The molecule has 2 aromatic rings. The van der Waals surface area contributed by atoms with Crippen LogP contribution in [0, 0.1) is 30.3 Å². The second kappa shape index (κ2) is 9.60. The van der Waals surface area contributed by atoms with E-state index in [1.54, 1.807) is 11.6 Å². The number of aromatic nitrogens is 2. The van der Waals surface area contributed by atoms with Crippen molar-refractivity contribution in [2.24, 2.45) is 5.92 Å². The summed E-state index contributed by atoms with van der Waals surface area (Å²) in [5.74, 6) is -5.66. The van der Waals surface area contributed by atoms with Crippen LogP contribution in [-0.4, -0.2) is 28.1 Å². The van der Waals surface area contributed by atoms with E-state index >= 15 is 0 Å². The Kier molecular flexibility index (Phi) is 7.44. The zero-order valence-electron chi connectivity index (χ0n) is 16.0. The van der Waals surface area contributed by atoms with Gasteiger partial charge >= 0.3 is 0 Å². The van der Waals surface area contributed by atoms with Gasteiger partial charge in [-0.25, -0.2) is 13.2 Å². The van der Waals surface area contributed by atoms with E-state index in [1.807, 2.05) is 13.8 Å². The van der Waals surface area contributed by atoms with Crippen LogP contribution in [0.2, 0.25) is 5.15 Å². The van der Waals surface area contributed by atoms with Crippen LogP contribution < -0.4 is 10.6 Å². The maximum Gasteiger partial charge on any atom is 0.244 e. The number of rotatable bonds is 7. The fraction of sp³-hybridized carbons (Fsp3) is 0.316. The summed E-state index contributed by atoms with van der Waals surface area (Å²) in [6.45, 7) is 5.92. The summed E-state index contributed by atoms with van der Waals surface area (Å²) in [5.41, 5.74) is 0.695. The topological polar surface area (TPSA) is 76.0 Å². The van der Waals surface area contributed by atoms with Crippen LogP contribution in [0.4, 0.5) is 18.9 Å². The van der Waals surface area contributed by atoms with Gasteiger partial charge in [-0.05, 0) is 31.1 Å². The van der Waals surface area contributed by atoms with Crippen molar-refractivity contribution in [2.75, 3.05) is 11.9 Å². The maximum atomic E-state index is 13.5. The van der Waals surface area contributed by atoms with Crippen molar-refractivity contribution in [2.45, 2.75) is 27.3 Å². The summed E-state index contributed by atoms with van der Waals surface area (Å²) in [7, 11) is 0. The lowest BCUT2D eigenvalue weighted by molar-refractivity contribution is -0.121. The van der Waals surface area contributed by atoms with Crippen molar-refractivity contribution >= 4 is 35.2 Å². The summed E-state index contributed by atoms with van der Waals surface area (Å²) >= 11 is 6.27. The number of carbonyl (C=O) groups is 2. The molecule has 0 saturated heterocycles. The predicted octanol–water partition coefficient (Wildman–Crippen LogP) is 3.69. The highest BCUT2D eigenvalue weighted by atomic mass is 35.5. The number of benzene rings is 1. The highest BCUT2D eigenvalue weighted by molar-refractivity contribution is 6.31. The lowest BCUT2D eigenvalue weighted by Crippen LogP contribution is -2.32. The fourth-order valence-electron chi connectivity index (χ4n) is 2.43. The van der Waals surface area contributed by atoms with E-state index < -0.39 is 41.5 Å². The van der Waals surface area contributed by atoms with Crippen molar-refractivity contribution in [3.05, 3.63) is 52.1 Å². The zero-order valence-corrected chi connectivity index (χ0v) is 16.8. The first-order valence-corrected chi connectivity index (χ1v) is 9.10. The molecule has 0 aliphatic rings. The normalized spacial score (nSPS) is 11.3. The number of amides is 2. The largest absolute Gasteiger partial charge is 0.343 e. The molecule has 0 aliphatic carbocycles. The molecule has 0 aliphatic heterocycles. The minimum atomic E-state index is -1.69. The van der Waals surface area contributed by atoms with Crippen LogP contribution in [-0.2, 0) is 16.1 Å². The van der Waals surface area contributed by atoms with Crippen LogP contribution in [0.25, 0.3) is 6.08 Å². The number of halogens is 4. The van der Waals surface area contributed by atoms with E-state index in [2.05, 4.69) is 15.7 Å². The summed E-state index contributed by atoms with van der Waals surface area (Å²) in [4.78, 5) is 23.7. The molecule has 0 unspecified atom stereocenters. The molecule has 2 amide bonds. The lowest BCUT2D eigenvalue weighted by Gasteiger charge is -2.07. The number of carbonyl (C=O) groups excluding carboxylic acids is 2.